The fourth-order valence-corrected chi connectivity index (χ4v) is 4.76. The maximum absolute atomic E-state index is 13.1. The molecule has 0 bridgehead atoms. The zero-order valence-electron chi connectivity index (χ0n) is 24.4. The number of carbonyl (C=O) groups is 3. The lowest BCUT2D eigenvalue weighted by atomic mass is 9.84. The molecular weight excluding hydrogens is 474 g/mol. The number of unbranched alkanes of at least 4 members (excludes halogenated alkanes) is 2. The molecule has 1 heterocycles. The van der Waals surface area contributed by atoms with Crippen LogP contribution >= 0.6 is 0 Å². The summed E-state index contributed by atoms with van der Waals surface area (Å²) in [4.78, 5) is 38.5. The molecule has 0 unspecified atom stereocenters. The molecule has 2 aliphatic rings. The van der Waals surface area contributed by atoms with E-state index in [1.54, 1.807) is 18.7 Å². The fourth-order valence-electron chi connectivity index (χ4n) is 4.76. The molecule has 1 saturated heterocycles. The minimum absolute atomic E-state index is 0. The number of nitrogens with one attached hydrogen (secondary N) is 1. The number of carbonyl (C=O) groups excluding carboxylic acids is 2. The summed E-state index contributed by atoms with van der Waals surface area (Å²) in [6, 6.07) is -1.92. The largest absolute Gasteiger partial charge is 0.480 e. The van der Waals surface area contributed by atoms with Crippen LogP contribution in [0, 0.1) is 5.92 Å². The smallest absolute Gasteiger partial charge is 0.326 e. The van der Waals surface area contributed by atoms with Gasteiger partial charge in [-0.05, 0) is 72.6 Å². The van der Waals surface area contributed by atoms with Crippen molar-refractivity contribution in [2.24, 2.45) is 11.7 Å². The van der Waals surface area contributed by atoms with E-state index in [0.717, 1.165) is 44.9 Å². The van der Waals surface area contributed by atoms with Gasteiger partial charge in [-0.15, -0.1) is 0 Å². The van der Waals surface area contributed by atoms with E-state index in [9.17, 15) is 19.5 Å². The highest BCUT2D eigenvalue weighted by Gasteiger charge is 2.48. The Labute approximate surface area is 224 Å². The number of aliphatic carboxylic acids is 1. The monoisotopic (exact) mass is 529 g/mol. The molecule has 0 aromatic heterocycles. The van der Waals surface area contributed by atoms with Gasteiger partial charge in [0.1, 0.15) is 12.1 Å². The normalized spacial score (nSPS) is 22.4. The van der Waals surface area contributed by atoms with Crippen LogP contribution in [-0.4, -0.2) is 75.9 Å². The molecule has 5 atom stereocenters. The Hall–Kier alpha value is -1.71. The first-order valence-electron chi connectivity index (χ1n) is 14.2. The lowest BCUT2D eigenvalue weighted by Crippen LogP contribution is -2.55. The highest BCUT2D eigenvalue weighted by molar-refractivity contribution is 5.88. The molecule has 9 nitrogen and oxygen atoms in total. The first-order valence-corrected chi connectivity index (χ1v) is 14.2. The maximum Gasteiger partial charge on any atom is 0.326 e. The second kappa shape index (κ2) is 18.5. The zero-order valence-corrected chi connectivity index (χ0v) is 24.4. The molecular formula is C28H55N3O6. The van der Waals surface area contributed by atoms with Gasteiger partial charge in [0.2, 0.25) is 5.91 Å². The van der Waals surface area contributed by atoms with E-state index in [-0.39, 0.29) is 29.4 Å². The SMILES string of the molecule is CC(C)(C)N.CCCCCO.CCC[C@H](N[C@@H](C)C(=O)N1[C@H](C(=O)O)C[C@@H]2CCCC[C@@H]21)C(=O)OCC. The minimum Gasteiger partial charge on any atom is -0.480 e. The van der Waals surface area contributed by atoms with Crippen LogP contribution in [0.15, 0.2) is 0 Å². The van der Waals surface area contributed by atoms with Crippen LogP contribution < -0.4 is 11.1 Å². The number of esters is 1. The van der Waals surface area contributed by atoms with E-state index in [4.69, 9.17) is 15.6 Å². The molecule has 2 fully saturated rings. The Kier molecular flexibility index (Phi) is 17.7. The molecule has 218 valence electrons. The average Bonchev–Trinajstić information content (AvgIpc) is 3.21. The molecule has 1 aliphatic carbocycles. The molecule has 1 saturated carbocycles. The summed E-state index contributed by atoms with van der Waals surface area (Å²) in [5, 5.41) is 20.9. The van der Waals surface area contributed by atoms with E-state index < -0.39 is 24.1 Å². The van der Waals surface area contributed by atoms with Crippen molar-refractivity contribution in [2.45, 2.75) is 142 Å². The van der Waals surface area contributed by atoms with E-state index in [2.05, 4.69) is 12.2 Å². The van der Waals surface area contributed by atoms with Crippen LogP contribution in [0.1, 0.15) is 113 Å². The summed E-state index contributed by atoms with van der Waals surface area (Å²) in [6.07, 6.45) is 9.20. The summed E-state index contributed by atoms with van der Waals surface area (Å²) in [6.45, 7) is 14.1. The predicted octanol–water partition coefficient (Wildman–Crippen LogP) is 3.85. The Bertz CT molecular complexity index is 657. The molecule has 0 spiro atoms. The number of likely N-dealkylation sites (tertiary alicyclic amines) is 1. The number of hydrogen-bond acceptors (Lipinski definition) is 7. The quantitative estimate of drug-likeness (QED) is 0.233. The van der Waals surface area contributed by atoms with E-state index in [1.165, 1.54) is 6.42 Å². The van der Waals surface area contributed by atoms with Gasteiger partial charge in [0, 0.05) is 18.2 Å². The third-order valence-corrected chi connectivity index (χ3v) is 6.36. The molecule has 0 radical (unpaired) electrons. The van der Waals surface area contributed by atoms with Crippen molar-refractivity contribution in [3.63, 3.8) is 0 Å². The van der Waals surface area contributed by atoms with Crippen molar-refractivity contribution >= 4 is 17.8 Å². The molecule has 37 heavy (non-hydrogen) atoms. The first kappa shape index (κ1) is 35.3. The van der Waals surface area contributed by atoms with Crippen LogP contribution in [0.2, 0.25) is 0 Å². The second-order valence-electron chi connectivity index (χ2n) is 11.2. The minimum atomic E-state index is -0.935. The molecule has 1 aliphatic heterocycles. The zero-order chi connectivity index (χ0) is 28.6. The van der Waals surface area contributed by atoms with Gasteiger partial charge in [-0.25, -0.2) is 4.79 Å². The Morgan fingerprint density at radius 1 is 1.08 bits per heavy atom. The summed E-state index contributed by atoms with van der Waals surface area (Å²) < 4.78 is 5.09. The Morgan fingerprint density at radius 3 is 2.14 bits per heavy atom. The van der Waals surface area contributed by atoms with Crippen molar-refractivity contribution < 1.29 is 29.3 Å². The number of ether oxygens (including phenoxy) is 1. The van der Waals surface area contributed by atoms with E-state index in [0.29, 0.717) is 26.1 Å². The molecule has 2 rings (SSSR count). The number of aliphatic hydroxyl groups excluding tert-OH is 1. The van der Waals surface area contributed by atoms with Gasteiger partial charge in [0.25, 0.3) is 0 Å². The molecule has 9 heteroatoms. The molecule has 0 aromatic carbocycles. The Morgan fingerprint density at radius 2 is 1.68 bits per heavy atom. The van der Waals surface area contributed by atoms with Crippen molar-refractivity contribution in [3.8, 4) is 0 Å². The number of amides is 1. The Balaban J connectivity index is 0.000000987. The van der Waals surface area contributed by atoms with Crippen molar-refractivity contribution in [3.05, 3.63) is 0 Å². The van der Waals surface area contributed by atoms with E-state index >= 15 is 0 Å². The van der Waals surface area contributed by atoms with Crippen LogP contribution in [0.5, 0.6) is 0 Å². The van der Waals surface area contributed by atoms with Gasteiger partial charge in [-0.1, -0.05) is 46.0 Å². The lowest BCUT2D eigenvalue weighted by molar-refractivity contribution is -0.152. The number of carboxylic acids is 1. The number of hydrogen-bond donors (Lipinski definition) is 4. The average molecular weight is 530 g/mol. The standard InChI is InChI=1S/C19H32N2O5.C5H12O.C4H11N/c1-4-8-14(19(25)26-5-2)20-12(3)17(22)21-15-10-7-6-9-13(15)11-16(21)18(23)24;1-2-3-4-5-6;1-4(2,3)5/h12-16,20H,4-11H2,1-3H3,(H,23,24);6H,2-5H2,1H3;5H2,1-3H3/t12-,13-,14-,15-,16-;;/m0../s1. The van der Waals surface area contributed by atoms with Gasteiger partial charge in [-0.2, -0.15) is 0 Å². The van der Waals surface area contributed by atoms with E-state index in [1.807, 2.05) is 27.7 Å². The third kappa shape index (κ3) is 14.1. The second-order valence-corrected chi connectivity index (χ2v) is 11.2. The van der Waals surface area contributed by atoms with Crippen LogP contribution in [-0.2, 0) is 19.1 Å². The molecule has 5 N–H and O–H groups in total. The third-order valence-electron chi connectivity index (χ3n) is 6.36. The number of aliphatic hydroxyl groups is 1. The number of rotatable bonds is 11. The molecule has 0 aromatic rings. The first-order chi connectivity index (χ1) is 17.3. The van der Waals surface area contributed by atoms with Gasteiger partial charge in [0.15, 0.2) is 0 Å². The highest BCUT2D eigenvalue weighted by atomic mass is 16.5. The number of nitrogens with zero attached hydrogens (tertiary/aromatic N) is 1. The number of fused-ring (bicyclic) bond motifs is 1. The van der Waals surface area contributed by atoms with Gasteiger partial charge < -0.3 is 25.6 Å². The highest BCUT2D eigenvalue weighted by Crippen LogP contribution is 2.40. The molecule has 1 amide bonds. The summed E-state index contributed by atoms with van der Waals surface area (Å²) in [5.74, 6) is -1.24. The summed E-state index contributed by atoms with van der Waals surface area (Å²) >= 11 is 0. The fraction of sp³-hybridized carbons (Fsp3) is 0.893. The van der Waals surface area contributed by atoms with Crippen molar-refractivity contribution in [1.29, 1.82) is 0 Å². The summed E-state index contributed by atoms with van der Waals surface area (Å²) in [5.41, 5.74) is 5.35. The van der Waals surface area contributed by atoms with Crippen LogP contribution in [0.4, 0.5) is 0 Å². The topological polar surface area (TPSA) is 142 Å². The van der Waals surface area contributed by atoms with Gasteiger partial charge in [0.05, 0.1) is 12.6 Å². The lowest BCUT2D eigenvalue weighted by Gasteiger charge is -2.35. The predicted molar refractivity (Wildman–Crippen MR) is 147 cm³/mol. The van der Waals surface area contributed by atoms with Crippen molar-refractivity contribution in [1.82, 2.24) is 10.2 Å². The van der Waals surface area contributed by atoms with Gasteiger partial charge >= 0.3 is 11.9 Å². The van der Waals surface area contributed by atoms with Crippen LogP contribution in [0.3, 0.4) is 0 Å². The summed E-state index contributed by atoms with van der Waals surface area (Å²) in [7, 11) is 0. The van der Waals surface area contributed by atoms with Crippen molar-refractivity contribution in [2.75, 3.05) is 13.2 Å². The number of carboxylic acid groups (broad SMARTS) is 1. The van der Waals surface area contributed by atoms with Crippen LogP contribution in [0.25, 0.3) is 0 Å². The maximum atomic E-state index is 13.1. The van der Waals surface area contributed by atoms with Gasteiger partial charge in [-0.3, -0.25) is 14.9 Å². The number of nitrogens with two attached hydrogens (primary N) is 1.